The summed E-state index contributed by atoms with van der Waals surface area (Å²) < 4.78 is 3.57. The van der Waals surface area contributed by atoms with Crippen molar-refractivity contribution in [2.24, 2.45) is 0 Å². The highest BCUT2D eigenvalue weighted by Crippen LogP contribution is 2.08. The van der Waals surface area contributed by atoms with E-state index >= 15 is 0 Å². The Hall–Kier alpha value is -5.61. The monoisotopic (exact) mass is 592 g/mol. The van der Waals surface area contributed by atoms with Crippen LogP contribution in [0.3, 0.4) is 0 Å². The first-order chi connectivity index (χ1) is 21.0. The molecule has 0 aliphatic carbocycles. The van der Waals surface area contributed by atoms with E-state index in [1.807, 2.05) is 60.9 Å². The van der Waals surface area contributed by atoms with Crippen molar-refractivity contribution in [3.8, 4) is 0 Å². The average Bonchev–Trinajstić information content (AvgIpc) is 3.67. The second-order valence-electron chi connectivity index (χ2n) is 9.01. The van der Waals surface area contributed by atoms with E-state index in [4.69, 9.17) is 17.3 Å². The maximum absolute atomic E-state index is 12.0. The Labute approximate surface area is 253 Å². The van der Waals surface area contributed by atoms with Gasteiger partial charge in [0.25, 0.3) is 11.1 Å². The number of hydrogen-bond acceptors (Lipinski definition) is 7. The van der Waals surface area contributed by atoms with Crippen molar-refractivity contribution in [3.63, 3.8) is 0 Å². The molecule has 0 radical (unpaired) electrons. The lowest BCUT2D eigenvalue weighted by molar-refractivity contribution is 0.102. The SMILES string of the molecule is Nc1ccn(Cc2ccncc2)n1.O=C(Cl)c1ccccc1.O=C(Nc1ccn(Cc2ccncc2)n1)c1ccccc1. The second kappa shape index (κ2) is 16.0. The zero-order valence-electron chi connectivity index (χ0n) is 23.1. The van der Waals surface area contributed by atoms with Crippen LogP contribution in [-0.2, 0) is 13.1 Å². The van der Waals surface area contributed by atoms with Gasteiger partial charge >= 0.3 is 0 Å². The molecule has 216 valence electrons. The second-order valence-corrected chi connectivity index (χ2v) is 9.35. The predicted octanol–water partition coefficient (Wildman–Crippen LogP) is 5.55. The van der Waals surface area contributed by atoms with E-state index < -0.39 is 5.24 Å². The van der Waals surface area contributed by atoms with E-state index in [0.29, 0.717) is 29.3 Å². The van der Waals surface area contributed by atoms with E-state index in [2.05, 4.69) is 25.5 Å². The van der Waals surface area contributed by atoms with Crippen LogP contribution in [-0.4, -0.2) is 40.7 Å². The topological polar surface area (TPSA) is 134 Å². The number of nitrogens with two attached hydrogens (primary N) is 1. The summed E-state index contributed by atoms with van der Waals surface area (Å²) in [6, 6.07) is 29.1. The molecule has 6 aromatic rings. The van der Waals surface area contributed by atoms with Crippen molar-refractivity contribution in [1.29, 1.82) is 0 Å². The van der Waals surface area contributed by atoms with E-state index in [1.165, 1.54) is 0 Å². The molecule has 0 atom stereocenters. The Bertz CT molecular complexity index is 1690. The quantitative estimate of drug-likeness (QED) is 0.232. The molecular formula is C32H29ClN8O2. The van der Waals surface area contributed by atoms with Crippen LogP contribution >= 0.6 is 11.6 Å². The summed E-state index contributed by atoms with van der Waals surface area (Å²) in [5.74, 6) is 0.928. The van der Waals surface area contributed by atoms with Crippen molar-refractivity contribution in [2.75, 3.05) is 11.1 Å². The molecule has 0 fully saturated rings. The third kappa shape index (κ3) is 10.4. The van der Waals surface area contributed by atoms with Gasteiger partial charge in [-0.15, -0.1) is 0 Å². The van der Waals surface area contributed by atoms with Gasteiger partial charge < -0.3 is 11.1 Å². The fourth-order valence-electron chi connectivity index (χ4n) is 3.68. The molecule has 0 aliphatic rings. The normalized spacial score (nSPS) is 9.98. The Morgan fingerprint density at radius 3 is 1.60 bits per heavy atom. The number of anilines is 2. The minimum Gasteiger partial charge on any atom is -0.382 e. The molecule has 11 heteroatoms. The van der Waals surface area contributed by atoms with Crippen LogP contribution in [0.4, 0.5) is 11.6 Å². The summed E-state index contributed by atoms with van der Waals surface area (Å²) in [7, 11) is 0. The van der Waals surface area contributed by atoms with E-state index in [0.717, 1.165) is 17.7 Å². The number of benzene rings is 2. The van der Waals surface area contributed by atoms with Crippen molar-refractivity contribution < 1.29 is 9.59 Å². The highest BCUT2D eigenvalue weighted by Gasteiger charge is 2.07. The number of nitrogens with one attached hydrogen (secondary N) is 1. The van der Waals surface area contributed by atoms with E-state index in [9.17, 15) is 9.59 Å². The summed E-state index contributed by atoms with van der Waals surface area (Å²) in [6.45, 7) is 1.38. The number of halogens is 1. The number of carbonyl (C=O) groups is 2. The summed E-state index contributed by atoms with van der Waals surface area (Å²) in [4.78, 5) is 30.3. The molecule has 0 aliphatic heterocycles. The molecule has 4 aromatic heterocycles. The van der Waals surface area contributed by atoms with Crippen LogP contribution in [0, 0.1) is 0 Å². The number of pyridine rings is 2. The van der Waals surface area contributed by atoms with Gasteiger partial charge in [-0.05, 0) is 65.2 Å². The first kappa shape index (κ1) is 30.4. The summed E-state index contributed by atoms with van der Waals surface area (Å²) >= 11 is 5.16. The van der Waals surface area contributed by atoms with Gasteiger partial charge in [0.05, 0.1) is 13.1 Å². The first-order valence-electron chi connectivity index (χ1n) is 13.2. The zero-order chi connectivity index (χ0) is 30.3. The highest BCUT2D eigenvalue weighted by molar-refractivity contribution is 6.67. The van der Waals surface area contributed by atoms with Gasteiger partial charge in [-0.1, -0.05) is 48.5 Å². The van der Waals surface area contributed by atoms with Crippen LogP contribution in [0.2, 0.25) is 0 Å². The van der Waals surface area contributed by atoms with E-state index in [1.54, 1.807) is 82.7 Å². The molecule has 2 aromatic carbocycles. The van der Waals surface area contributed by atoms with Crippen LogP contribution in [0.1, 0.15) is 31.8 Å². The summed E-state index contributed by atoms with van der Waals surface area (Å²) in [6.07, 6.45) is 10.7. The average molecular weight is 593 g/mol. The van der Waals surface area contributed by atoms with Gasteiger partial charge in [0, 0.05) is 54.4 Å². The smallest absolute Gasteiger partial charge is 0.256 e. The molecule has 0 saturated heterocycles. The number of aromatic nitrogens is 6. The molecule has 1 amide bonds. The third-order valence-electron chi connectivity index (χ3n) is 5.77. The molecular weight excluding hydrogens is 564 g/mol. The number of nitrogens with zero attached hydrogens (tertiary/aromatic N) is 6. The lowest BCUT2D eigenvalue weighted by atomic mass is 10.2. The fourth-order valence-corrected chi connectivity index (χ4v) is 3.81. The minimum absolute atomic E-state index is 0.162. The zero-order valence-corrected chi connectivity index (χ0v) is 23.8. The van der Waals surface area contributed by atoms with Crippen LogP contribution in [0.15, 0.2) is 134 Å². The van der Waals surface area contributed by atoms with Gasteiger partial charge in [-0.3, -0.25) is 28.9 Å². The standard InChI is InChI=1S/C16H14N4O.C9H10N4.C7H5ClO/c21-16(14-4-2-1-3-5-14)18-15-8-11-20(19-15)12-13-6-9-17-10-7-13;10-9-3-6-13(12-9)7-8-1-4-11-5-2-8;8-7(9)6-4-2-1-3-5-6/h1-11H,12H2,(H,18,19,21);1-6H,7H2,(H2,10,12);1-5H. The maximum Gasteiger partial charge on any atom is 0.256 e. The van der Waals surface area contributed by atoms with Crippen molar-refractivity contribution in [2.45, 2.75) is 13.1 Å². The third-order valence-corrected chi connectivity index (χ3v) is 5.99. The molecule has 0 bridgehead atoms. The van der Waals surface area contributed by atoms with Gasteiger partial charge in [0.15, 0.2) is 5.82 Å². The van der Waals surface area contributed by atoms with Gasteiger partial charge in [-0.2, -0.15) is 10.2 Å². The number of amides is 1. The number of rotatable bonds is 7. The maximum atomic E-state index is 12.0. The van der Waals surface area contributed by atoms with Gasteiger partial charge in [0.1, 0.15) is 5.82 Å². The highest BCUT2D eigenvalue weighted by atomic mass is 35.5. The first-order valence-corrected chi connectivity index (χ1v) is 13.6. The fraction of sp³-hybridized carbons (Fsp3) is 0.0625. The van der Waals surface area contributed by atoms with Crippen LogP contribution in [0.25, 0.3) is 0 Å². The van der Waals surface area contributed by atoms with Crippen LogP contribution in [0.5, 0.6) is 0 Å². The van der Waals surface area contributed by atoms with Crippen molar-refractivity contribution >= 4 is 34.4 Å². The number of carbonyl (C=O) groups excluding carboxylic acids is 2. The lowest BCUT2D eigenvalue weighted by Gasteiger charge is -2.02. The van der Waals surface area contributed by atoms with Crippen LogP contribution < -0.4 is 11.1 Å². The van der Waals surface area contributed by atoms with Gasteiger partial charge in [0.2, 0.25) is 0 Å². The Morgan fingerprint density at radius 2 is 1.14 bits per heavy atom. The molecule has 0 saturated carbocycles. The van der Waals surface area contributed by atoms with E-state index in [-0.39, 0.29) is 5.91 Å². The minimum atomic E-state index is -0.407. The van der Waals surface area contributed by atoms with Crippen molar-refractivity contribution in [3.05, 3.63) is 156 Å². The van der Waals surface area contributed by atoms with Crippen molar-refractivity contribution in [1.82, 2.24) is 29.5 Å². The number of hydrogen-bond donors (Lipinski definition) is 2. The molecule has 43 heavy (non-hydrogen) atoms. The molecule has 4 heterocycles. The molecule has 6 rings (SSSR count). The molecule has 0 spiro atoms. The predicted molar refractivity (Wildman–Crippen MR) is 167 cm³/mol. The number of nitrogen functional groups attached to an aromatic ring is 1. The Kier molecular flexibility index (Phi) is 11.3. The molecule has 0 unspecified atom stereocenters. The summed E-state index contributed by atoms with van der Waals surface area (Å²) in [5.41, 5.74) is 8.91. The summed E-state index contributed by atoms with van der Waals surface area (Å²) in [5, 5.41) is 10.8. The Balaban J connectivity index is 0.000000163. The largest absolute Gasteiger partial charge is 0.382 e. The molecule has 3 N–H and O–H groups in total. The lowest BCUT2D eigenvalue weighted by Crippen LogP contribution is -2.12. The van der Waals surface area contributed by atoms with Gasteiger partial charge in [-0.25, -0.2) is 0 Å². The molecule has 10 nitrogen and oxygen atoms in total. The Morgan fingerprint density at radius 1 is 0.651 bits per heavy atom.